The summed E-state index contributed by atoms with van der Waals surface area (Å²) >= 11 is 0. The molecule has 5 heteroatoms. The van der Waals surface area contributed by atoms with E-state index in [1.807, 2.05) is 13.0 Å². The molecule has 1 unspecified atom stereocenters. The van der Waals surface area contributed by atoms with Crippen molar-refractivity contribution in [1.29, 1.82) is 5.26 Å². The van der Waals surface area contributed by atoms with Gasteiger partial charge in [0.05, 0.1) is 30.5 Å². The van der Waals surface area contributed by atoms with E-state index in [0.29, 0.717) is 22.6 Å². The van der Waals surface area contributed by atoms with E-state index in [9.17, 15) is 9.50 Å². The van der Waals surface area contributed by atoms with Crippen molar-refractivity contribution in [1.82, 2.24) is 0 Å². The molecule has 0 saturated carbocycles. The zero-order valence-corrected chi connectivity index (χ0v) is 11.7. The summed E-state index contributed by atoms with van der Waals surface area (Å²) < 4.78 is 18.2. The minimum atomic E-state index is -0.487. The van der Waals surface area contributed by atoms with E-state index in [1.54, 1.807) is 18.2 Å². The minimum absolute atomic E-state index is 0.109. The van der Waals surface area contributed by atoms with Gasteiger partial charge in [0.1, 0.15) is 17.3 Å². The van der Waals surface area contributed by atoms with Crippen molar-refractivity contribution in [3.63, 3.8) is 0 Å². The molecule has 2 aromatic carbocycles. The van der Waals surface area contributed by atoms with Crippen LogP contribution in [-0.2, 0) is 0 Å². The van der Waals surface area contributed by atoms with Gasteiger partial charge in [-0.3, -0.25) is 0 Å². The summed E-state index contributed by atoms with van der Waals surface area (Å²) in [6, 6.07) is 10.7. The Kier molecular flexibility index (Phi) is 4.29. The van der Waals surface area contributed by atoms with Gasteiger partial charge in [0.15, 0.2) is 0 Å². The monoisotopic (exact) mass is 286 g/mol. The first-order valence-corrected chi connectivity index (χ1v) is 6.38. The van der Waals surface area contributed by atoms with Gasteiger partial charge in [0.25, 0.3) is 0 Å². The number of hydrogen-bond donors (Lipinski definition) is 2. The molecular weight excluding hydrogens is 271 g/mol. The highest BCUT2D eigenvalue weighted by molar-refractivity contribution is 5.60. The molecule has 0 aliphatic rings. The molecule has 2 rings (SSSR count). The van der Waals surface area contributed by atoms with Crippen LogP contribution in [0.3, 0.4) is 0 Å². The molecule has 4 nitrogen and oxygen atoms in total. The number of methoxy groups -OCH3 is 1. The highest BCUT2D eigenvalue weighted by Crippen LogP contribution is 2.32. The van der Waals surface area contributed by atoms with E-state index in [0.717, 1.165) is 6.07 Å². The smallest absolute Gasteiger partial charge is 0.143 e. The number of rotatable bonds is 4. The van der Waals surface area contributed by atoms with Crippen LogP contribution in [0.1, 0.15) is 24.1 Å². The first-order chi connectivity index (χ1) is 10.0. The lowest BCUT2D eigenvalue weighted by Gasteiger charge is -2.19. The number of ether oxygens (including phenoxy) is 1. The normalized spacial score (nSPS) is 11.5. The molecule has 2 N–H and O–H groups in total. The summed E-state index contributed by atoms with van der Waals surface area (Å²) in [5, 5.41) is 21.8. The number of benzene rings is 2. The molecule has 0 heterocycles. The summed E-state index contributed by atoms with van der Waals surface area (Å²) in [6.07, 6.45) is 0. The standard InChI is InChI=1S/C16H15FN2O2/c1-10(13-5-4-12(17)8-15(13)20)19-14-6-3-11(9-18)7-16(14)21-2/h3-8,10,19-20H,1-2H3. The predicted molar refractivity (Wildman–Crippen MR) is 77.8 cm³/mol. The van der Waals surface area contributed by atoms with Gasteiger partial charge in [-0.1, -0.05) is 6.07 Å². The van der Waals surface area contributed by atoms with Crippen LogP contribution in [0.5, 0.6) is 11.5 Å². The number of nitriles is 1. The van der Waals surface area contributed by atoms with Crippen molar-refractivity contribution in [3.05, 3.63) is 53.3 Å². The van der Waals surface area contributed by atoms with E-state index in [2.05, 4.69) is 5.32 Å². The average molecular weight is 286 g/mol. The maximum Gasteiger partial charge on any atom is 0.143 e. The van der Waals surface area contributed by atoms with Gasteiger partial charge in [-0.15, -0.1) is 0 Å². The van der Waals surface area contributed by atoms with Gasteiger partial charge in [-0.25, -0.2) is 4.39 Å². The molecule has 0 fully saturated rings. The second-order valence-corrected chi connectivity index (χ2v) is 4.60. The van der Waals surface area contributed by atoms with Crippen LogP contribution in [-0.4, -0.2) is 12.2 Å². The van der Waals surface area contributed by atoms with E-state index in [1.165, 1.54) is 19.2 Å². The van der Waals surface area contributed by atoms with Crippen molar-refractivity contribution in [2.24, 2.45) is 0 Å². The second kappa shape index (κ2) is 6.14. The number of nitrogens with zero attached hydrogens (tertiary/aromatic N) is 1. The molecule has 108 valence electrons. The fourth-order valence-electron chi connectivity index (χ4n) is 2.07. The number of halogens is 1. The SMILES string of the molecule is COc1cc(C#N)ccc1NC(C)c1ccc(F)cc1O. The Hall–Kier alpha value is -2.74. The second-order valence-electron chi connectivity index (χ2n) is 4.60. The van der Waals surface area contributed by atoms with Crippen molar-refractivity contribution < 1.29 is 14.2 Å². The highest BCUT2D eigenvalue weighted by atomic mass is 19.1. The summed E-state index contributed by atoms with van der Waals surface area (Å²) in [6.45, 7) is 1.84. The fraction of sp³-hybridized carbons (Fsp3) is 0.188. The molecule has 0 spiro atoms. The molecule has 0 bridgehead atoms. The van der Waals surface area contributed by atoms with Crippen LogP contribution in [0.25, 0.3) is 0 Å². The Balaban J connectivity index is 2.27. The number of aromatic hydroxyl groups is 1. The lowest BCUT2D eigenvalue weighted by Crippen LogP contribution is -2.08. The molecule has 0 radical (unpaired) electrons. The van der Waals surface area contributed by atoms with Gasteiger partial charge in [0, 0.05) is 17.7 Å². The van der Waals surface area contributed by atoms with Crippen molar-refractivity contribution in [2.75, 3.05) is 12.4 Å². The van der Waals surface area contributed by atoms with Crippen LogP contribution in [0, 0.1) is 17.1 Å². The van der Waals surface area contributed by atoms with E-state index in [-0.39, 0.29) is 11.8 Å². The van der Waals surface area contributed by atoms with Crippen molar-refractivity contribution in [2.45, 2.75) is 13.0 Å². The van der Waals surface area contributed by atoms with Crippen LogP contribution >= 0.6 is 0 Å². The number of phenolic OH excluding ortho intramolecular Hbond substituents is 1. The third-order valence-corrected chi connectivity index (χ3v) is 3.16. The van der Waals surface area contributed by atoms with Gasteiger partial charge in [-0.05, 0) is 25.1 Å². The Morgan fingerprint density at radius 1 is 1.29 bits per heavy atom. The largest absolute Gasteiger partial charge is 0.507 e. The third-order valence-electron chi connectivity index (χ3n) is 3.16. The Bertz CT molecular complexity index is 695. The molecule has 0 amide bonds. The lowest BCUT2D eigenvalue weighted by molar-refractivity contribution is 0.415. The Labute approximate surface area is 122 Å². The summed E-state index contributed by atoms with van der Waals surface area (Å²) in [5.41, 5.74) is 1.75. The Morgan fingerprint density at radius 2 is 2.05 bits per heavy atom. The molecule has 0 aliphatic carbocycles. The minimum Gasteiger partial charge on any atom is -0.507 e. The maximum absolute atomic E-state index is 13.0. The number of anilines is 1. The fourth-order valence-corrected chi connectivity index (χ4v) is 2.07. The number of phenols is 1. The summed E-state index contributed by atoms with van der Waals surface area (Å²) in [4.78, 5) is 0. The van der Waals surface area contributed by atoms with Gasteiger partial charge in [0.2, 0.25) is 0 Å². The molecule has 1 atom stereocenters. The highest BCUT2D eigenvalue weighted by Gasteiger charge is 2.13. The quantitative estimate of drug-likeness (QED) is 0.901. The van der Waals surface area contributed by atoms with E-state index < -0.39 is 5.82 Å². The molecule has 0 aliphatic heterocycles. The summed E-state index contributed by atoms with van der Waals surface area (Å²) in [7, 11) is 1.52. The van der Waals surface area contributed by atoms with Crippen molar-refractivity contribution in [3.8, 4) is 17.6 Å². The lowest BCUT2D eigenvalue weighted by atomic mass is 10.1. The first kappa shape index (κ1) is 14.7. The topological polar surface area (TPSA) is 65.3 Å². The van der Waals surface area contributed by atoms with E-state index in [4.69, 9.17) is 10.00 Å². The number of hydrogen-bond acceptors (Lipinski definition) is 4. The Morgan fingerprint density at radius 3 is 2.67 bits per heavy atom. The van der Waals surface area contributed by atoms with Crippen molar-refractivity contribution >= 4 is 5.69 Å². The van der Waals surface area contributed by atoms with Crippen LogP contribution in [0.15, 0.2) is 36.4 Å². The third kappa shape index (κ3) is 3.23. The molecular formula is C16H15FN2O2. The zero-order chi connectivity index (χ0) is 15.4. The maximum atomic E-state index is 13.0. The van der Waals surface area contributed by atoms with Gasteiger partial charge >= 0.3 is 0 Å². The summed E-state index contributed by atoms with van der Waals surface area (Å²) in [5.74, 6) is -0.0653. The molecule has 21 heavy (non-hydrogen) atoms. The predicted octanol–water partition coefficient (Wildman–Crippen LogP) is 3.58. The number of nitrogens with one attached hydrogen (secondary N) is 1. The molecule has 0 aromatic heterocycles. The van der Waals surface area contributed by atoms with Crippen LogP contribution in [0.2, 0.25) is 0 Å². The molecule has 0 saturated heterocycles. The average Bonchev–Trinajstić information content (AvgIpc) is 2.47. The van der Waals surface area contributed by atoms with Gasteiger partial charge in [-0.2, -0.15) is 5.26 Å². The zero-order valence-electron chi connectivity index (χ0n) is 11.7. The van der Waals surface area contributed by atoms with E-state index >= 15 is 0 Å². The van der Waals surface area contributed by atoms with Crippen LogP contribution in [0.4, 0.5) is 10.1 Å². The van der Waals surface area contributed by atoms with Crippen LogP contribution < -0.4 is 10.1 Å². The van der Waals surface area contributed by atoms with Gasteiger partial charge < -0.3 is 15.2 Å². The first-order valence-electron chi connectivity index (χ1n) is 6.38. The molecule has 2 aromatic rings.